The fourth-order valence-corrected chi connectivity index (χ4v) is 2.62. The van der Waals surface area contributed by atoms with Crippen molar-refractivity contribution in [3.8, 4) is 5.75 Å². The van der Waals surface area contributed by atoms with Gasteiger partial charge in [0.1, 0.15) is 17.1 Å². The molecular formula is C15H18N4OS. The van der Waals surface area contributed by atoms with E-state index in [0.29, 0.717) is 11.3 Å². The van der Waals surface area contributed by atoms with Gasteiger partial charge in [-0.25, -0.2) is 4.98 Å². The highest BCUT2D eigenvalue weighted by atomic mass is 32.1. The zero-order chi connectivity index (χ0) is 15.0. The Morgan fingerprint density at radius 2 is 2.19 bits per heavy atom. The second-order valence-electron chi connectivity index (χ2n) is 5.29. The molecule has 0 aliphatic rings. The Morgan fingerprint density at radius 3 is 2.86 bits per heavy atom. The van der Waals surface area contributed by atoms with Crippen molar-refractivity contribution in [1.82, 2.24) is 19.1 Å². The summed E-state index contributed by atoms with van der Waals surface area (Å²) in [5.41, 5.74) is 1.96. The number of rotatable bonds is 4. The van der Waals surface area contributed by atoms with Crippen LogP contribution in [0, 0.1) is 4.77 Å². The predicted molar refractivity (Wildman–Crippen MR) is 85.2 cm³/mol. The molecule has 0 aliphatic carbocycles. The highest BCUT2D eigenvalue weighted by molar-refractivity contribution is 7.71. The van der Waals surface area contributed by atoms with E-state index < -0.39 is 0 Å². The maximum Gasteiger partial charge on any atom is 0.178 e. The van der Waals surface area contributed by atoms with Gasteiger partial charge < -0.3 is 18.9 Å². The summed E-state index contributed by atoms with van der Waals surface area (Å²) in [5.74, 6) is 1.79. The molecule has 0 saturated carbocycles. The van der Waals surface area contributed by atoms with Crippen LogP contribution in [0.4, 0.5) is 0 Å². The van der Waals surface area contributed by atoms with Crippen molar-refractivity contribution in [1.29, 1.82) is 0 Å². The van der Waals surface area contributed by atoms with Gasteiger partial charge in [-0.1, -0.05) is 6.07 Å². The minimum absolute atomic E-state index is 0.121. The topological polar surface area (TPSA) is 47.8 Å². The van der Waals surface area contributed by atoms with Gasteiger partial charge in [-0.05, 0) is 38.2 Å². The van der Waals surface area contributed by atoms with Gasteiger partial charge in [0.2, 0.25) is 0 Å². The maximum absolute atomic E-state index is 5.84. The van der Waals surface area contributed by atoms with Gasteiger partial charge in [0.25, 0.3) is 0 Å². The highest BCUT2D eigenvalue weighted by Crippen LogP contribution is 2.26. The number of hydrogen-bond donors (Lipinski definition) is 1. The Balaban J connectivity index is 2.10. The second kappa shape index (κ2) is 5.37. The molecular weight excluding hydrogens is 284 g/mol. The van der Waals surface area contributed by atoms with Crippen LogP contribution in [0.1, 0.15) is 19.7 Å². The molecule has 3 aromatic rings. The van der Waals surface area contributed by atoms with Crippen molar-refractivity contribution in [2.45, 2.75) is 26.5 Å². The normalized spacial score (nSPS) is 11.4. The molecule has 0 aliphatic heterocycles. The number of nitrogens with one attached hydrogen (secondary N) is 1. The highest BCUT2D eigenvalue weighted by Gasteiger charge is 2.12. The van der Waals surface area contributed by atoms with Crippen LogP contribution in [-0.2, 0) is 13.6 Å². The Labute approximate surface area is 128 Å². The number of H-pyrrole nitrogens is 1. The molecule has 0 amide bonds. The first-order valence-electron chi connectivity index (χ1n) is 6.90. The van der Waals surface area contributed by atoms with Crippen LogP contribution in [0.5, 0.6) is 5.75 Å². The molecule has 2 aromatic heterocycles. The number of aromatic amines is 1. The van der Waals surface area contributed by atoms with E-state index in [9.17, 15) is 0 Å². The number of benzene rings is 1. The standard InChI is InChI=1S/C15H18N4OS/c1-10(2)20-12-6-4-5-11-14(12)17-15(21)19(11)9-13-16-7-8-18(13)3/h4-8,10H,9H2,1-3H3,(H,17,21). The van der Waals surface area contributed by atoms with Crippen molar-refractivity contribution in [3.63, 3.8) is 0 Å². The molecule has 21 heavy (non-hydrogen) atoms. The lowest BCUT2D eigenvalue weighted by Gasteiger charge is -2.10. The minimum Gasteiger partial charge on any atom is -0.489 e. The fraction of sp³-hybridized carbons (Fsp3) is 0.333. The third-order valence-electron chi connectivity index (χ3n) is 3.36. The Kier molecular flexibility index (Phi) is 3.55. The minimum atomic E-state index is 0.121. The average molecular weight is 302 g/mol. The third kappa shape index (κ3) is 2.58. The van der Waals surface area contributed by atoms with Crippen LogP contribution >= 0.6 is 12.2 Å². The Morgan fingerprint density at radius 1 is 1.38 bits per heavy atom. The lowest BCUT2D eigenvalue weighted by Crippen LogP contribution is -2.07. The number of ether oxygens (including phenoxy) is 1. The van der Waals surface area contributed by atoms with Crippen LogP contribution in [0.15, 0.2) is 30.6 Å². The molecule has 5 nitrogen and oxygen atoms in total. The molecule has 0 fully saturated rings. The van der Waals surface area contributed by atoms with E-state index in [2.05, 4.69) is 9.97 Å². The summed E-state index contributed by atoms with van der Waals surface area (Å²) in [4.78, 5) is 7.61. The van der Waals surface area contributed by atoms with Crippen LogP contribution in [0.3, 0.4) is 0 Å². The SMILES string of the molecule is CC(C)Oc1cccc2c1[nH]c(=S)n2Cc1nccn1C. The second-order valence-corrected chi connectivity index (χ2v) is 5.67. The summed E-state index contributed by atoms with van der Waals surface area (Å²) in [6.07, 6.45) is 3.85. The van der Waals surface area contributed by atoms with E-state index in [-0.39, 0.29) is 6.10 Å². The predicted octanol–water partition coefficient (Wildman–Crippen LogP) is 3.27. The molecule has 0 radical (unpaired) electrons. The largest absolute Gasteiger partial charge is 0.489 e. The molecule has 1 N–H and O–H groups in total. The smallest absolute Gasteiger partial charge is 0.178 e. The van der Waals surface area contributed by atoms with E-state index >= 15 is 0 Å². The average Bonchev–Trinajstić information content (AvgIpc) is 2.96. The van der Waals surface area contributed by atoms with Crippen molar-refractivity contribution in [2.75, 3.05) is 0 Å². The maximum atomic E-state index is 5.84. The van der Waals surface area contributed by atoms with Crippen LogP contribution in [0.2, 0.25) is 0 Å². The van der Waals surface area contributed by atoms with Gasteiger partial charge in [-0.2, -0.15) is 0 Å². The number of imidazole rings is 2. The molecule has 0 saturated heterocycles. The lowest BCUT2D eigenvalue weighted by atomic mass is 10.3. The molecule has 110 valence electrons. The van der Waals surface area contributed by atoms with E-state index in [1.807, 2.05) is 54.4 Å². The fourth-order valence-electron chi connectivity index (χ4n) is 2.35. The molecule has 0 bridgehead atoms. The van der Waals surface area contributed by atoms with E-state index in [1.165, 1.54) is 0 Å². The zero-order valence-electron chi connectivity index (χ0n) is 12.3. The molecule has 6 heteroatoms. The third-order valence-corrected chi connectivity index (χ3v) is 3.68. The summed E-state index contributed by atoms with van der Waals surface area (Å²) in [6, 6.07) is 5.98. The van der Waals surface area contributed by atoms with Gasteiger partial charge in [0.05, 0.1) is 18.2 Å². The molecule has 0 atom stereocenters. The van der Waals surface area contributed by atoms with E-state index in [1.54, 1.807) is 6.20 Å². The summed E-state index contributed by atoms with van der Waals surface area (Å²) >= 11 is 5.46. The molecule has 0 unspecified atom stereocenters. The van der Waals surface area contributed by atoms with Gasteiger partial charge >= 0.3 is 0 Å². The number of aromatic nitrogens is 4. The lowest BCUT2D eigenvalue weighted by molar-refractivity contribution is 0.245. The Hall–Kier alpha value is -2.08. The number of aryl methyl sites for hydroxylation is 1. The van der Waals surface area contributed by atoms with Crippen LogP contribution < -0.4 is 4.74 Å². The van der Waals surface area contributed by atoms with Crippen molar-refractivity contribution >= 4 is 23.3 Å². The molecule has 3 rings (SSSR count). The summed E-state index contributed by atoms with van der Waals surface area (Å²) in [7, 11) is 1.98. The first kappa shape index (κ1) is 13.9. The van der Waals surface area contributed by atoms with Crippen molar-refractivity contribution < 1.29 is 4.74 Å². The van der Waals surface area contributed by atoms with Crippen molar-refractivity contribution in [2.24, 2.45) is 7.05 Å². The van der Waals surface area contributed by atoms with Gasteiger partial charge in [-0.3, -0.25) is 0 Å². The molecule has 2 heterocycles. The molecule has 1 aromatic carbocycles. The number of hydrogen-bond acceptors (Lipinski definition) is 3. The first-order chi connectivity index (χ1) is 10.1. The van der Waals surface area contributed by atoms with Crippen molar-refractivity contribution in [3.05, 3.63) is 41.2 Å². The number of nitrogens with zero attached hydrogens (tertiary/aromatic N) is 3. The van der Waals surface area contributed by atoms with E-state index in [0.717, 1.165) is 22.6 Å². The van der Waals surface area contributed by atoms with E-state index in [4.69, 9.17) is 17.0 Å². The number of fused-ring (bicyclic) bond motifs is 1. The summed E-state index contributed by atoms with van der Waals surface area (Å²) in [6.45, 7) is 4.66. The van der Waals surface area contributed by atoms with Crippen LogP contribution in [-0.4, -0.2) is 25.2 Å². The quantitative estimate of drug-likeness (QED) is 0.752. The van der Waals surface area contributed by atoms with Gasteiger partial charge in [-0.15, -0.1) is 0 Å². The summed E-state index contributed by atoms with van der Waals surface area (Å²) < 4.78 is 10.6. The Bertz CT molecular complexity index is 828. The molecule has 0 spiro atoms. The van der Waals surface area contributed by atoms with Crippen LogP contribution in [0.25, 0.3) is 11.0 Å². The van der Waals surface area contributed by atoms with Gasteiger partial charge in [0.15, 0.2) is 4.77 Å². The van der Waals surface area contributed by atoms with Gasteiger partial charge in [0, 0.05) is 19.4 Å². The monoisotopic (exact) mass is 302 g/mol. The number of para-hydroxylation sites is 1. The first-order valence-corrected chi connectivity index (χ1v) is 7.31. The zero-order valence-corrected chi connectivity index (χ0v) is 13.1. The summed E-state index contributed by atoms with van der Waals surface area (Å²) in [5, 5.41) is 0.